The van der Waals surface area contributed by atoms with Gasteiger partial charge in [0, 0.05) is 17.5 Å². The molecule has 17 heavy (non-hydrogen) atoms. The van der Waals surface area contributed by atoms with Crippen LogP contribution in [0, 0.1) is 0 Å². The fourth-order valence-electron chi connectivity index (χ4n) is 2.58. The summed E-state index contributed by atoms with van der Waals surface area (Å²) in [5.74, 6) is 1.02. The van der Waals surface area contributed by atoms with Gasteiger partial charge in [-0.1, -0.05) is 6.92 Å². The zero-order valence-electron chi connectivity index (χ0n) is 10.2. The maximum Gasteiger partial charge on any atom is 0.0846 e. The van der Waals surface area contributed by atoms with Crippen LogP contribution in [0.25, 0.3) is 0 Å². The van der Waals surface area contributed by atoms with Gasteiger partial charge in [0.25, 0.3) is 0 Å². The molecule has 0 saturated carbocycles. The number of rotatable bonds is 3. The summed E-state index contributed by atoms with van der Waals surface area (Å²) in [6.45, 7) is 3.23. The second kappa shape index (κ2) is 4.52. The average molecular weight is 249 g/mol. The molecule has 1 aliphatic carbocycles. The summed E-state index contributed by atoms with van der Waals surface area (Å²) in [5, 5.41) is 2.27. The van der Waals surface area contributed by atoms with Crippen molar-refractivity contribution in [1.29, 1.82) is 0 Å². The molecule has 0 amide bonds. The van der Waals surface area contributed by atoms with E-state index in [1.165, 1.54) is 21.7 Å². The normalized spacial score (nSPS) is 21.8. The number of hydrazine groups is 1. The summed E-state index contributed by atoms with van der Waals surface area (Å²) in [6.07, 6.45) is 3.24. The fourth-order valence-corrected chi connectivity index (χ4v) is 3.62. The van der Waals surface area contributed by atoms with Gasteiger partial charge in [-0.15, -0.1) is 11.8 Å². The number of hydrogen-bond donors (Lipinski definition) is 2. The van der Waals surface area contributed by atoms with E-state index >= 15 is 0 Å². The number of thioether (sulfide) groups is 1. The van der Waals surface area contributed by atoms with Crippen LogP contribution in [0.3, 0.4) is 0 Å². The van der Waals surface area contributed by atoms with Crippen LogP contribution in [0.5, 0.6) is 0 Å². The Kier molecular flexibility index (Phi) is 3.03. The molecule has 2 aliphatic rings. The van der Waals surface area contributed by atoms with Gasteiger partial charge in [-0.05, 0) is 42.5 Å². The standard InChI is InChI=1S/C13H19N3S/c1-2-3-15-16-8-17-13-7-10-5-11(14)4-9(10)6-12(13)16/h6-7,11,15H,2-5,8,14H2,1H3. The third kappa shape index (κ3) is 2.05. The van der Waals surface area contributed by atoms with Crippen molar-refractivity contribution in [3.05, 3.63) is 23.3 Å². The van der Waals surface area contributed by atoms with Crippen LogP contribution in [0.1, 0.15) is 24.5 Å². The van der Waals surface area contributed by atoms with Crippen molar-refractivity contribution < 1.29 is 0 Å². The van der Waals surface area contributed by atoms with Crippen LogP contribution < -0.4 is 16.2 Å². The van der Waals surface area contributed by atoms with Crippen LogP contribution in [-0.4, -0.2) is 18.5 Å². The summed E-state index contributed by atoms with van der Waals surface area (Å²) >= 11 is 1.92. The van der Waals surface area contributed by atoms with Gasteiger partial charge in [0.05, 0.1) is 11.6 Å². The maximum absolute atomic E-state index is 6.02. The summed E-state index contributed by atoms with van der Waals surface area (Å²) < 4.78 is 0. The minimum absolute atomic E-state index is 0.328. The second-order valence-electron chi connectivity index (χ2n) is 4.87. The molecule has 3 rings (SSSR count). The van der Waals surface area contributed by atoms with Crippen LogP contribution in [-0.2, 0) is 12.8 Å². The molecule has 1 atom stereocenters. The lowest BCUT2D eigenvalue weighted by atomic mass is 10.1. The number of hydrogen-bond acceptors (Lipinski definition) is 4. The molecule has 0 spiro atoms. The Balaban J connectivity index is 1.87. The predicted molar refractivity (Wildman–Crippen MR) is 73.3 cm³/mol. The van der Waals surface area contributed by atoms with E-state index in [1.54, 1.807) is 0 Å². The van der Waals surface area contributed by atoms with Gasteiger partial charge < -0.3 is 5.73 Å². The van der Waals surface area contributed by atoms with Gasteiger partial charge in [-0.3, -0.25) is 5.01 Å². The molecule has 0 saturated heterocycles. The zero-order valence-corrected chi connectivity index (χ0v) is 11.0. The first kappa shape index (κ1) is 11.4. The van der Waals surface area contributed by atoms with Crippen molar-refractivity contribution in [1.82, 2.24) is 5.43 Å². The van der Waals surface area contributed by atoms with Gasteiger partial charge in [0.2, 0.25) is 0 Å². The lowest BCUT2D eigenvalue weighted by molar-refractivity contribution is 0.656. The molecule has 3 nitrogen and oxygen atoms in total. The van der Waals surface area contributed by atoms with Gasteiger partial charge >= 0.3 is 0 Å². The molecule has 1 aliphatic heterocycles. The molecule has 0 radical (unpaired) electrons. The average Bonchev–Trinajstić information content (AvgIpc) is 2.85. The Bertz CT molecular complexity index is 433. The minimum Gasteiger partial charge on any atom is -0.327 e. The third-order valence-electron chi connectivity index (χ3n) is 3.44. The van der Waals surface area contributed by atoms with Gasteiger partial charge in [0.15, 0.2) is 0 Å². The minimum atomic E-state index is 0.328. The Morgan fingerprint density at radius 1 is 1.41 bits per heavy atom. The molecule has 92 valence electrons. The lowest BCUT2D eigenvalue weighted by Crippen LogP contribution is -2.36. The molecule has 0 aromatic heterocycles. The summed E-state index contributed by atoms with van der Waals surface area (Å²) in [7, 11) is 0. The number of nitrogens with two attached hydrogens (primary N) is 1. The number of fused-ring (bicyclic) bond motifs is 2. The van der Waals surface area contributed by atoms with E-state index in [4.69, 9.17) is 5.73 Å². The molecular weight excluding hydrogens is 230 g/mol. The van der Waals surface area contributed by atoms with Gasteiger partial charge in [-0.25, -0.2) is 5.43 Å². The highest BCUT2D eigenvalue weighted by Crippen LogP contribution is 2.41. The van der Waals surface area contributed by atoms with E-state index in [-0.39, 0.29) is 0 Å². The third-order valence-corrected chi connectivity index (χ3v) is 4.46. The molecule has 0 bridgehead atoms. The Morgan fingerprint density at radius 2 is 2.18 bits per heavy atom. The highest BCUT2D eigenvalue weighted by Gasteiger charge is 2.25. The van der Waals surface area contributed by atoms with Crippen molar-refractivity contribution in [3.8, 4) is 0 Å². The van der Waals surface area contributed by atoms with E-state index in [9.17, 15) is 0 Å². The Hall–Kier alpha value is -0.710. The smallest absolute Gasteiger partial charge is 0.0846 e. The van der Waals surface area contributed by atoms with E-state index in [0.29, 0.717) is 6.04 Å². The number of nitrogens with one attached hydrogen (secondary N) is 1. The van der Waals surface area contributed by atoms with E-state index in [0.717, 1.165) is 31.7 Å². The summed E-state index contributed by atoms with van der Waals surface area (Å²) in [4.78, 5) is 1.40. The summed E-state index contributed by atoms with van der Waals surface area (Å²) in [5.41, 5.74) is 13.7. The first-order valence-electron chi connectivity index (χ1n) is 6.33. The van der Waals surface area contributed by atoms with Gasteiger partial charge in [0.1, 0.15) is 0 Å². The SMILES string of the molecule is CCCNN1CSc2cc3c(cc21)CC(N)C3. The number of anilines is 1. The number of nitrogens with zero attached hydrogens (tertiary/aromatic N) is 1. The van der Waals surface area contributed by atoms with Crippen molar-refractivity contribution in [3.63, 3.8) is 0 Å². The fraction of sp³-hybridized carbons (Fsp3) is 0.538. The van der Waals surface area contributed by atoms with Crippen LogP contribution >= 0.6 is 11.8 Å². The van der Waals surface area contributed by atoms with E-state index in [2.05, 4.69) is 29.5 Å². The lowest BCUT2D eigenvalue weighted by Gasteiger charge is -2.19. The maximum atomic E-state index is 6.02. The van der Waals surface area contributed by atoms with Gasteiger partial charge in [-0.2, -0.15) is 0 Å². The molecule has 1 unspecified atom stereocenters. The zero-order chi connectivity index (χ0) is 11.8. The van der Waals surface area contributed by atoms with Crippen molar-refractivity contribution >= 4 is 17.4 Å². The van der Waals surface area contributed by atoms with E-state index in [1.807, 2.05) is 11.8 Å². The molecule has 0 fully saturated rings. The molecule has 3 N–H and O–H groups in total. The second-order valence-corrected chi connectivity index (χ2v) is 5.85. The quantitative estimate of drug-likeness (QED) is 0.858. The molecular formula is C13H19N3S. The molecule has 4 heteroatoms. The number of benzene rings is 1. The van der Waals surface area contributed by atoms with Crippen molar-refractivity contribution in [2.24, 2.45) is 5.73 Å². The summed E-state index contributed by atoms with van der Waals surface area (Å²) in [6, 6.07) is 5.00. The van der Waals surface area contributed by atoms with Crippen LogP contribution in [0.4, 0.5) is 5.69 Å². The van der Waals surface area contributed by atoms with Crippen LogP contribution in [0.15, 0.2) is 17.0 Å². The first-order chi connectivity index (χ1) is 8.28. The topological polar surface area (TPSA) is 41.3 Å². The monoisotopic (exact) mass is 249 g/mol. The Morgan fingerprint density at radius 3 is 2.94 bits per heavy atom. The largest absolute Gasteiger partial charge is 0.327 e. The first-order valence-corrected chi connectivity index (χ1v) is 7.31. The van der Waals surface area contributed by atoms with Crippen molar-refractivity contribution in [2.45, 2.75) is 37.1 Å². The predicted octanol–water partition coefficient (Wildman–Crippen LogP) is 1.90. The van der Waals surface area contributed by atoms with E-state index < -0.39 is 0 Å². The molecule has 1 aromatic carbocycles. The molecule has 1 heterocycles. The van der Waals surface area contributed by atoms with Crippen molar-refractivity contribution in [2.75, 3.05) is 17.4 Å². The van der Waals surface area contributed by atoms with Crippen LogP contribution in [0.2, 0.25) is 0 Å². The Labute approximate surface area is 107 Å². The highest BCUT2D eigenvalue weighted by molar-refractivity contribution is 7.99. The molecule has 1 aromatic rings. The highest BCUT2D eigenvalue weighted by atomic mass is 32.2.